The van der Waals surface area contributed by atoms with Crippen molar-refractivity contribution < 1.29 is 9.53 Å². The summed E-state index contributed by atoms with van der Waals surface area (Å²) in [4.78, 5) is 11.8. The fourth-order valence-electron chi connectivity index (χ4n) is 2.59. The monoisotopic (exact) mass is 344 g/mol. The maximum absolute atomic E-state index is 11.8. The molecule has 6 heteroatoms. The van der Waals surface area contributed by atoms with Crippen LogP contribution in [0.25, 0.3) is 0 Å². The van der Waals surface area contributed by atoms with Crippen LogP contribution in [0.15, 0.2) is 18.2 Å². The fraction of sp³-hybridized carbons (Fsp3) is 0.562. The van der Waals surface area contributed by atoms with Gasteiger partial charge in [0.25, 0.3) is 0 Å². The first-order valence-corrected chi connectivity index (χ1v) is 8.19. The lowest BCUT2D eigenvalue weighted by molar-refractivity contribution is 0.0505. The molecule has 2 N–H and O–H groups in total. The highest BCUT2D eigenvalue weighted by Crippen LogP contribution is 2.27. The lowest BCUT2D eigenvalue weighted by atomic mass is 10.2. The second kappa shape index (κ2) is 6.97. The van der Waals surface area contributed by atoms with Crippen molar-refractivity contribution in [1.82, 2.24) is 5.32 Å². The zero-order valence-corrected chi connectivity index (χ0v) is 14.6. The number of alkyl carbamates (subject to hydrolysis) is 1. The number of halogens is 2. The number of amides is 1. The zero-order valence-electron chi connectivity index (χ0n) is 13.1. The molecule has 0 aromatic heterocycles. The predicted molar refractivity (Wildman–Crippen MR) is 90.9 cm³/mol. The van der Waals surface area contributed by atoms with E-state index >= 15 is 0 Å². The van der Waals surface area contributed by atoms with Crippen molar-refractivity contribution in [1.29, 1.82) is 0 Å². The van der Waals surface area contributed by atoms with E-state index in [0.717, 1.165) is 24.9 Å². The molecule has 1 amide bonds. The van der Waals surface area contributed by atoms with E-state index in [2.05, 4.69) is 10.6 Å². The topological polar surface area (TPSA) is 50.4 Å². The highest BCUT2D eigenvalue weighted by Gasteiger charge is 2.27. The minimum atomic E-state index is -0.474. The first-order valence-electron chi connectivity index (χ1n) is 7.43. The Morgan fingerprint density at radius 3 is 2.32 bits per heavy atom. The van der Waals surface area contributed by atoms with Crippen molar-refractivity contribution in [3.63, 3.8) is 0 Å². The van der Waals surface area contributed by atoms with Crippen molar-refractivity contribution in [2.24, 2.45) is 0 Å². The summed E-state index contributed by atoms with van der Waals surface area (Å²) >= 11 is 12.0. The van der Waals surface area contributed by atoms with E-state index in [9.17, 15) is 4.79 Å². The Kier molecular flexibility index (Phi) is 5.45. The lowest BCUT2D eigenvalue weighted by Gasteiger charge is -2.22. The largest absolute Gasteiger partial charge is 0.444 e. The van der Waals surface area contributed by atoms with Gasteiger partial charge in [-0.25, -0.2) is 4.79 Å². The Bertz CT molecular complexity index is 523. The molecule has 122 valence electrons. The van der Waals surface area contributed by atoms with Gasteiger partial charge in [0, 0.05) is 27.8 Å². The van der Waals surface area contributed by atoms with Gasteiger partial charge >= 0.3 is 6.09 Å². The summed E-state index contributed by atoms with van der Waals surface area (Å²) in [6.07, 6.45) is 2.39. The molecule has 4 nitrogen and oxygen atoms in total. The van der Waals surface area contributed by atoms with Crippen LogP contribution in [-0.4, -0.2) is 23.8 Å². The number of hydrogen-bond donors (Lipinski definition) is 2. The Morgan fingerprint density at radius 2 is 1.73 bits per heavy atom. The standard InChI is InChI=1S/C16H22Cl2N2O2/c1-16(2,3)22-15(21)20-13-5-4-12(9-13)19-14-7-10(17)6-11(18)8-14/h6-8,12-13,19H,4-5,9H2,1-3H3,(H,20,21). The number of hydrogen-bond acceptors (Lipinski definition) is 3. The SMILES string of the molecule is CC(C)(C)OC(=O)NC1CCC(Nc2cc(Cl)cc(Cl)c2)C1. The first-order chi connectivity index (χ1) is 10.2. The normalized spacial score (nSPS) is 21.5. The van der Waals surface area contributed by atoms with Gasteiger partial charge in [0.2, 0.25) is 0 Å². The minimum absolute atomic E-state index is 0.127. The van der Waals surface area contributed by atoms with E-state index in [1.165, 1.54) is 0 Å². The van der Waals surface area contributed by atoms with Gasteiger partial charge in [-0.15, -0.1) is 0 Å². The second-order valence-electron chi connectivity index (χ2n) is 6.66. The third kappa shape index (κ3) is 5.58. The van der Waals surface area contributed by atoms with Gasteiger partial charge in [0.1, 0.15) is 5.60 Å². The summed E-state index contributed by atoms with van der Waals surface area (Å²) in [7, 11) is 0. The van der Waals surface area contributed by atoms with Crippen LogP contribution in [0, 0.1) is 0 Å². The van der Waals surface area contributed by atoms with Gasteiger partial charge in [0.05, 0.1) is 0 Å². The summed E-state index contributed by atoms with van der Waals surface area (Å²) in [5.74, 6) is 0. The van der Waals surface area contributed by atoms with Crippen molar-refractivity contribution in [3.05, 3.63) is 28.2 Å². The van der Waals surface area contributed by atoms with Crippen molar-refractivity contribution >= 4 is 35.0 Å². The summed E-state index contributed by atoms with van der Waals surface area (Å²) in [5, 5.41) is 7.55. The van der Waals surface area contributed by atoms with Gasteiger partial charge < -0.3 is 15.4 Å². The number of carbonyl (C=O) groups excluding carboxylic acids is 1. The van der Waals surface area contributed by atoms with E-state index in [-0.39, 0.29) is 18.2 Å². The maximum atomic E-state index is 11.8. The first kappa shape index (κ1) is 17.2. The molecule has 0 aliphatic heterocycles. The van der Waals surface area contributed by atoms with Crippen LogP contribution in [0.4, 0.5) is 10.5 Å². The maximum Gasteiger partial charge on any atom is 0.407 e. The third-order valence-corrected chi connectivity index (χ3v) is 3.82. The number of ether oxygens (including phenoxy) is 1. The third-order valence-electron chi connectivity index (χ3n) is 3.39. The average Bonchev–Trinajstić information content (AvgIpc) is 2.71. The summed E-state index contributed by atoms with van der Waals surface area (Å²) in [6, 6.07) is 5.82. The molecule has 1 aliphatic rings. The Morgan fingerprint density at radius 1 is 1.14 bits per heavy atom. The quantitative estimate of drug-likeness (QED) is 0.823. The molecule has 1 saturated carbocycles. The molecule has 1 aromatic rings. The Balaban J connectivity index is 1.84. The summed E-state index contributed by atoms with van der Waals surface area (Å²) in [5.41, 5.74) is 0.429. The summed E-state index contributed by atoms with van der Waals surface area (Å²) in [6.45, 7) is 5.57. The van der Waals surface area contributed by atoms with Gasteiger partial charge in [-0.3, -0.25) is 0 Å². The highest BCUT2D eigenvalue weighted by molar-refractivity contribution is 6.35. The molecule has 2 unspecified atom stereocenters. The van der Waals surface area contributed by atoms with E-state index in [0.29, 0.717) is 10.0 Å². The fourth-order valence-corrected chi connectivity index (χ4v) is 3.12. The van der Waals surface area contributed by atoms with E-state index < -0.39 is 5.60 Å². The number of anilines is 1. The molecule has 1 aliphatic carbocycles. The second-order valence-corrected chi connectivity index (χ2v) is 7.53. The van der Waals surface area contributed by atoms with E-state index in [1.807, 2.05) is 32.9 Å². The van der Waals surface area contributed by atoms with Gasteiger partial charge in [-0.2, -0.15) is 0 Å². The van der Waals surface area contributed by atoms with Gasteiger partial charge in [0.15, 0.2) is 0 Å². The van der Waals surface area contributed by atoms with Crippen LogP contribution in [-0.2, 0) is 4.74 Å². The van der Waals surface area contributed by atoms with Crippen molar-refractivity contribution in [2.75, 3.05) is 5.32 Å². The van der Waals surface area contributed by atoms with Crippen molar-refractivity contribution in [2.45, 2.75) is 57.7 Å². The van der Waals surface area contributed by atoms with E-state index in [4.69, 9.17) is 27.9 Å². The van der Waals surface area contributed by atoms with Crippen LogP contribution in [0.5, 0.6) is 0 Å². The van der Waals surface area contributed by atoms with Gasteiger partial charge in [-0.1, -0.05) is 23.2 Å². The Labute approximate surface area is 141 Å². The van der Waals surface area contributed by atoms with Crippen LogP contribution >= 0.6 is 23.2 Å². The Hall–Kier alpha value is -1.13. The molecule has 0 saturated heterocycles. The minimum Gasteiger partial charge on any atom is -0.444 e. The summed E-state index contributed by atoms with van der Waals surface area (Å²) < 4.78 is 5.28. The molecular weight excluding hydrogens is 323 g/mol. The van der Waals surface area contributed by atoms with Crippen LogP contribution in [0.1, 0.15) is 40.0 Å². The van der Waals surface area contributed by atoms with Crippen LogP contribution in [0.2, 0.25) is 10.0 Å². The van der Waals surface area contributed by atoms with Crippen LogP contribution < -0.4 is 10.6 Å². The van der Waals surface area contributed by atoms with Crippen LogP contribution in [0.3, 0.4) is 0 Å². The molecule has 0 heterocycles. The lowest BCUT2D eigenvalue weighted by Crippen LogP contribution is -2.38. The molecule has 0 bridgehead atoms. The number of benzene rings is 1. The van der Waals surface area contributed by atoms with Crippen molar-refractivity contribution in [3.8, 4) is 0 Å². The molecule has 1 fully saturated rings. The number of nitrogens with one attached hydrogen (secondary N) is 2. The average molecular weight is 345 g/mol. The molecule has 1 aromatic carbocycles. The zero-order chi connectivity index (χ0) is 16.3. The molecular formula is C16H22Cl2N2O2. The number of carbonyl (C=O) groups is 1. The smallest absolute Gasteiger partial charge is 0.407 e. The van der Waals surface area contributed by atoms with Gasteiger partial charge in [-0.05, 0) is 58.2 Å². The molecule has 22 heavy (non-hydrogen) atoms. The highest BCUT2D eigenvalue weighted by atomic mass is 35.5. The predicted octanol–water partition coefficient (Wildman–Crippen LogP) is 4.85. The molecule has 2 atom stereocenters. The van der Waals surface area contributed by atoms with E-state index in [1.54, 1.807) is 6.07 Å². The molecule has 0 radical (unpaired) electrons. The molecule has 2 rings (SSSR count). The molecule has 0 spiro atoms. The number of rotatable bonds is 3.